The van der Waals surface area contributed by atoms with Crippen molar-refractivity contribution in [2.24, 2.45) is 0 Å². The predicted molar refractivity (Wildman–Crippen MR) is 139 cm³/mol. The molecule has 2 amide bonds. The number of unbranched alkanes of at least 4 members (excludes halogenated alkanes) is 1. The molecule has 0 aromatic heterocycles. The van der Waals surface area contributed by atoms with Crippen molar-refractivity contribution in [1.82, 2.24) is 4.90 Å². The molecule has 176 valence electrons. The van der Waals surface area contributed by atoms with E-state index >= 15 is 0 Å². The second-order valence-electron chi connectivity index (χ2n) is 8.69. The third kappa shape index (κ3) is 5.37. The number of carbonyl (C=O) groups excluding carboxylic acids is 2. The molecule has 5 nitrogen and oxygen atoms in total. The minimum absolute atomic E-state index is 0.0663. The lowest BCUT2D eigenvalue weighted by molar-refractivity contribution is -0.117. The molecule has 1 aliphatic heterocycles. The normalized spacial score (nSPS) is 12.7. The van der Waals surface area contributed by atoms with Crippen LogP contribution in [0, 0.1) is 0 Å². The summed E-state index contributed by atoms with van der Waals surface area (Å²) in [5.74, 6) is -0.271. The molecule has 0 spiro atoms. The van der Waals surface area contributed by atoms with E-state index in [1.165, 1.54) is 12.0 Å². The van der Waals surface area contributed by atoms with Gasteiger partial charge in [0.15, 0.2) is 0 Å². The predicted octanol–water partition coefficient (Wildman–Crippen LogP) is 5.82. The molecule has 0 fully saturated rings. The van der Waals surface area contributed by atoms with Crippen molar-refractivity contribution in [3.8, 4) is 0 Å². The van der Waals surface area contributed by atoms with Gasteiger partial charge in [-0.2, -0.15) is 0 Å². The number of hydrogen-bond donors (Lipinski definition) is 1. The van der Waals surface area contributed by atoms with Gasteiger partial charge in [0.1, 0.15) is 0 Å². The van der Waals surface area contributed by atoms with Gasteiger partial charge in [0.05, 0.1) is 29.0 Å². The van der Waals surface area contributed by atoms with E-state index in [0.717, 1.165) is 38.0 Å². The molecule has 3 aromatic rings. The number of para-hydroxylation sites is 3. The van der Waals surface area contributed by atoms with Crippen molar-refractivity contribution in [3.05, 3.63) is 89.5 Å². The molecule has 4 rings (SSSR count). The van der Waals surface area contributed by atoms with E-state index in [9.17, 15) is 9.59 Å². The molecular weight excluding hydrogens is 422 g/mol. The van der Waals surface area contributed by atoms with Crippen LogP contribution in [-0.2, 0) is 17.6 Å². The van der Waals surface area contributed by atoms with E-state index in [1.54, 1.807) is 11.0 Å². The molecule has 1 N–H and O–H groups in total. The Bertz CT molecular complexity index is 1140. The molecule has 5 heteroatoms. The van der Waals surface area contributed by atoms with Crippen molar-refractivity contribution in [3.63, 3.8) is 0 Å². The zero-order valence-corrected chi connectivity index (χ0v) is 20.1. The fourth-order valence-electron chi connectivity index (χ4n) is 4.50. The van der Waals surface area contributed by atoms with E-state index in [4.69, 9.17) is 0 Å². The molecule has 0 aliphatic carbocycles. The molecule has 0 unspecified atom stereocenters. The van der Waals surface area contributed by atoms with Gasteiger partial charge >= 0.3 is 0 Å². The standard InChI is InChI=1S/C29H33N3O2/c1-3-31(4-2)20-10-9-11-22-16-18-23(19-17-22)21-28(33)32-26-14-7-5-12-24(26)29(34)30-25-13-6-8-15-27(25)32/h5-8,12-19H,3-4,9-11,20-21H2,1-2H3,(H,30,34). The van der Waals surface area contributed by atoms with Gasteiger partial charge in [0.2, 0.25) is 5.91 Å². The number of hydrogen-bond acceptors (Lipinski definition) is 3. The van der Waals surface area contributed by atoms with Crippen molar-refractivity contribution in [2.45, 2.75) is 39.5 Å². The molecule has 1 aliphatic rings. The fraction of sp³-hybridized carbons (Fsp3) is 0.310. The molecule has 0 radical (unpaired) electrons. The zero-order chi connectivity index (χ0) is 23.9. The topological polar surface area (TPSA) is 52.7 Å². The van der Waals surface area contributed by atoms with Crippen LogP contribution >= 0.6 is 0 Å². The summed E-state index contributed by atoms with van der Waals surface area (Å²) >= 11 is 0. The van der Waals surface area contributed by atoms with Crippen molar-refractivity contribution >= 4 is 28.9 Å². The van der Waals surface area contributed by atoms with Gasteiger partial charge in [-0.1, -0.05) is 62.4 Å². The number of benzene rings is 3. The van der Waals surface area contributed by atoms with Gasteiger partial charge in [-0.15, -0.1) is 0 Å². The Morgan fingerprint density at radius 2 is 1.47 bits per heavy atom. The first-order chi connectivity index (χ1) is 16.6. The zero-order valence-electron chi connectivity index (χ0n) is 20.1. The summed E-state index contributed by atoms with van der Waals surface area (Å²) in [7, 11) is 0. The van der Waals surface area contributed by atoms with Crippen molar-refractivity contribution < 1.29 is 9.59 Å². The highest BCUT2D eigenvalue weighted by Crippen LogP contribution is 2.38. The van der Waals surface area contributed by atoms with Crippen LogP contribution in [0.25, 0.3) is 0 Å². The van der Waals surface area contributed by atoms with Crippen LogP contribution in [0.2, 0.25) is 0 Å². The number of nitrogens with zero attached hydrogens (tertiary/aromatic N) is 2. The van der Waals surface area contributed by atoms with Gasteiger partial charge < -0.3 is 10.2 Å². The van der Waals surface area contributed by atoms with Crippen LogP contribution in [0.1, 0.15) is 48.2 Å². The maximum atomic E-state index is 13.6. The van der Waals surface area contributed by atoms with Crippen LogP contribution in [0.15, 0.2) is 72.8 Å². The second kappa shape index (κ2) is 11.1. The van der Waals surface area contributed by atoms with Gasteiger partial charge in [-0.3, -0.25) is 14.5 Å². The Morgan fingerprint density at radius 1 is 0.824 bits per heavy atom. The highest BCUT2D eigenvalue weighted by Gasteiger charge is 2.28. The second-order valence-corrected chi connectivity index (χ2v) is 8.69. The summed E-state index contributed by atoms with van der Waals surface area (Å²) in [5, 5.41) is 2.94. The summed E-state index contributed by atoms with van der Waals surface area (Å²) in [6, 6.07) is 23.1. The van der Waals surface area contributed by atoms with E-state index in [1.807, 2.05) is 42.5 Å². The van der Waals surface area contributed by atoms with Crippen LogP contribution in [0.3, 0.4) is 0 Å². The number of rotatable bonds is 9. The van der Waals surface area contributed by atoms with Crippen molar-refractivity contribution in [1.29, 1.82) is 0 Å². The van der Waals surface area contributed by atoms with Gasteiger partial charge in [-0.25, -0.2) is 0 Å². The molecular formula is C29H33N3O2. The average Bonchev–Trinajstić information content (AvgIpc) is 2.99. The Balaban J connectivity index is 1.47. The van der Waals surface area contributed by atoms with Gasteiger partial charge in [0, 0.05) is 0 Å². The largest absolute Gasteiger partial charge is 0.320 e. The molecule has 3 aromatic carbocycles. The highest BCUT2D eigenvalue weighted by atomic mass is 16.2. The number of aryl methyl sites for hydroxylation is 1. The summed E-state index contributed by atoms with van der Waals surface area (Å²) in [6.45, 7) is 7.78. The fourth-order valence-corrected chi connectivity index (χ4v) is 4.50. The molecule has 1 heterocycles. The lowest BCUT2D eigenvalue weighted by Crippen LogP contribution is -2.28. The van der Waals surface area contributed by atoms with E-state index in [2.05, 4.69) is 48.3 Å². The Kier molecular flexibility index (Phi) is 7.76. The van der Waals surface area contributed by atoms with E-state index < -0.39 is 0 Å². The number of nitrogens with one attached hydrogen (secondary N) is 1. The maximum Gasteiger partial charge on any atom is 0.257 e. The van der Waals surface area contributed by atoms with Crippen molar-refractivity contribution in [2.75, 3.05) is 29.9 Å². The number of anilines is 3. The Morgan fingerprint density at radius 3 is 2.21 bits per heavy atom. The van der Waals surface area contributed by atoms with Crippen LogP contribution < -0.4 is 10.2 Å². The first-order valence-electron chi connectivity index (χ1n) is 12.2. The number of fused-ring (bicyclic) bond motifs is 2. The lowest BCUT2D eigenvalue weighted by Gasteiger charge is -2.24. The Labute approximate surface area is 202 Å². The van der Waals surface area contributed by atoms with Crippen LogP contribution in [0.4, 0.5) is 17.1 Å². The molecule has 0 atom stereocenters. The molecule has 0 saturated heterocycles. The minimum atomic E-state index is -0.205. The minimum Gasteiger partial charge on any atom is -0.320 e. The smallest absolute Gasteiger partial charge is 0.257 e. The third-order valence-electron chi connectivity index (χ3n) is 6.49. The first kappa shape index (κ1) is 23.7. The molecule has 34 heavy (non-hydrogen) atoms. The SMILES string of the molecule is CCN(CC)CCCCc1ccc(CC(=O)N2c3ccccc3NC(=O)c3ccccc32)cc1. The van der Waals surface area contributed by atoms with E-state index in [0.29, 0.717) is 22.6 Å². The summed E-state index contributed by atoms with van der Waals surface area (Å²) < 4.78 is 0. The Hall–Kier alpha value is -3.44. The quantitative estimate of drug-likeness (QED) is 0.413. The van der Waals surface area contributed by atoms with E-state index in [-0.39, 0.29) is 18.2 Å². The monoisotopic (exact) mass is 455 g/mol. The molecule has 0 saturated carbocycles. The average molecular weight is 456 g/mol. The highest BCUT2D eigenvalue weighted by molar-refractivity contribution is 6.17. The summed E-state index contributed by atoms with van der Waals surface area (Å²) in [4.78, 5) is 30.4. The molecule has 0 bridgehead atoms. The first-order valence-corrected chi connectivity index (χ1v) is 12.2. The third-order valence-corrected chi connectivity index (χ3v) is 6.49. The van der Waals surface area contributed by atoms with Crippen LogP contribution in [0.5, 0.6) is 0 Å². The van der Waals surface area contributed by atoms with Crippen LogP contribution in [-0.4, -0.2) is 36.3 Å². The summed E-state index contributed by atoms with van der Waals surface area (Å²) in [5.41, 5.74) is 4.70. The van der Waals surface area contributed by atoms with Gasteiger partial charge in [0.25, 0.3) is 5.91 Å². The van der Waals surface area contributed by atoms with Gasteiger partial charge in [-0.05, 0) is 74.3 Å². The number of carbonyl (C=O) groups is 2. The summed E-state index contributed by atoms with van der Waals surface area (Å²) in [6.07, 6.45) is 3.68. The number of amides is 2. The lowest BCUT2D eigenvalue weighted by atomic mass is 10.0. The maximum absolute atomic E-state index is 13.6.